The summed E-state index contributed by atoms with van der Waals surface area (Å²) in [6.07, 6.45) is -1.11. The van der Waals surface area contributed by atoms with Crippen LogP contribution in [0.25, 0.3) is 0 Å². The van der Waals surface area contributed by atoms with Crippen molar-refractivity contribution in [3.63, 3.8) is 0 Å². The van der Waals surface area contributed by atoms with Crippen LogP contribution in [0.4, 0.5) is 13.2 Å². The summed E-state index contributed by atoms with van der Waals surface area (Å²) in [6, 6.07) is 3.58. The maximum absolute atomic E-state index is 12.7. The zero-order valence-corrected chi connectivity index (χ0v) is 11.6. The number of halogens is 4. The molecule has 0 fully saturated rings. The molecule has 100 valence electrons. The third-order valence-electron chi connectivity index (χ3n) is 2.71. The first kappa shape index (κ1) is 15.2. The van der Waals surface area contributed by atoms with Gasteiger partial charge in [0.1, 0.15) is 0 Å². The molecule has 18 heavy (non-hydrogen) atoms. The van der Waals surface area contributed by atoms with E-state index < -0.39 is 11.7 Å². The van der Waals surface area contributed by atoms with Gasteiger partial charge >= 0.3 is 6.18 Å². The second-order valence-corrected chi connectivity index (χ2v) is 4.80. The van der Waals surface area contributed by atoms with E-state index in [-0.39, 0.29) is 6.04 Å². The molecule has 0 aliphatic rings. The number of hydrogen-bond donors (Lipinski definition) is 1. The van der Waals surface area contributed by atoms with E-state index in [4.69, 9.17) is 0 Å². The molecular formula is C13H15BrF3N. The topological polar surface area (TPSA) is 12.0 Å². The first-order chi connectivity index (χ1) is 8.40. The molecule has 0 amide bonds. The summed E-state index contributed by atoms with van der Waals surface area (Å²) in [5, 5.41) is 3.03. The fraction of sp³-hybridized carbons (Fsp3) is 0.385. The summed E-state index contributed by atoms with van der Waals surface area (Å²) in [6.45, 7) is 3.62. The van der Waals surface area contributed by atoms with E-state index in [9.17, 15) is 13.2 Å². The quantitative estimate of drug-likeness (QED) is 0.775. The Labute approximate surface area is 113 Å². The van der Waals surface area contributed by atoms with Gasteiger partial charge in [0.2, 0.25) is 0 Å². The minimum absolute atomic E-state index is 0.125. The lowest BCUT2D eigenvalue weighted by Crippen LogP contribution is -2.17. The molecule has 0 aromatic heterocycles. The largest absolute Gasteiger partial charge is 0.416 e. The number of nitrogens with one attached hydrogen (secondary N) is 1. The van der Waals surface area contributed by atoms with Gasteiger partial charge in [-0.1, -0.05) is 22.0 Å². The molecule has 0 aliphatic heterocycles. The Hall–Kier alpha value is -0.810. The lowest BCUT2D eigenvalue weighted by molar-refractivity contribution is -0.137. The minimum atomic E-state index is -4.31. The number of benzene rings is 1. The van der Waals surface area contributed by atoms with Crippen molar-refractivity contribution in [3.8, 4) is 0 Å². The van der Waals surface area contributed by atoms with Gasteiger partial charge in [-0.2, -0.15) is 13.2 Å². The van der Waals surface area contributed by atoms with Gasteiger partial charge < -0.3 is 5.32 Å². The molecule has 1 nitrogen and oxygen atoms in total. The third kappa shape index (κ3) is 3.85. The van der Waals surface area contributed by atoms with Crippen molar-refractivity contribution >= 4 is 15.9 Å². The van der Waals surface area contributed by atoms with Crippen LogP contribution in [-0.2, 0) is 6.18 Å². The van der Waals surface area contributed by atoms with Crippen molar-refractivity contribution in [1.82, 2.24) is 5.32 Å². The van der Waals surface area contributed by atoms with E-state index in [2.05, 4.69) is 27.8 Å². The first-order valence-electron chi connectivity index (χ1n) is 5.55. The highest BCUT2D eigenvalue weighted by Gasteiger charge is 2.31. The second kappa shape index (κ2) is 6.38. The molecule has 1 atom stereocenters. The first-order valence-corrected chi connectivity index (χ1v) is 6.34. The fourth-order valence-electron chi connectivity index (χ4n) is 1.73. The zero-order valence-electron chi connectivity index (χ0n) is 10.0. The standard InChI is InChI=1S/C13H15BrF3N/c1-3-4-5-12(18-2)10-8-9(13(15,16)17)6-7-11(10)14/h3,6-8,12,18H,1,4-5H2,2H3. The Bertz CT molecular complexity index is 415. The van der Waals surface area contributed by atoms with Crippen LogP contribution in [0.3, 0.4) is 0 Å². The van der Waals surface area contributed by atoms with Crippen LogP contribution in [0.5, 0.6) is 0 Å². The lowest BCUT2D eigenvalue weighted by Gasteiger charge is -2.19. The van der Waals surface area contributed by atoms with Crippen LogP contribution >= 0.6 is 15.9 Å². The van der Waals surface area contributed by atoms with Crippen molar-refractivity contribution in [1.29, 1.82) is 0 Å². The van der Waals surface area contributed by atoms with Crippen molar-refractivity contribution < 1.29 is 13.2 Å². The van der Waals surface area contributed by atoms with Gasteiger partial charge in [0.25, 0.3) is 0 Å². The molecule has 1 aromatic carbocycles. The number of rotatable bonds is 5. The summed E-state index contributed by atoms with van der Waals surface area (Å²) >= 11 is 3.30. The van der Waals surface area contributed by atoms with Gasteiger partial charge in [0.05, 0.1) is 5.56 Å². The highest BCUT2D eigenvalue weighted by atomic mass is 79.9. The Morgan fingerprint density at radius 3 is 2.61 bits per heavy atom. The van der Waals surface area contributed by atoms with Gasteiger partial charge in [-0.15, -0.1) is 6.58 Å². The van der Waals surface area contributed by atoms with E-state index in [0.29, 0.717) is 16.5 Å². The summed E-state index contributed by atoms with van der Waals surface area (Å²) in [7, 11) is 1.74. The molecule has 0 spiro atoms. The molecule has 5 heteroatoms. The lowest BCUT2D eigenvalue weighted by atomic mass is 10.00. The predicted octanol–water partition coefficient (Wildman–Crippen LogP) is 4.69. The van der Waals surface area contributed by atoms with Gasteiger partial charge in [0.15, 0.2) is 0 Å². The molecule has 0 saturated carbocycles. The summed E-state index contributed by atoms with van der Waals surface area (Å²) in [5.41, 5.74) is -0.00581. The van der Waals surface area contributed by atoms with Crippen LogP contribution in [-0.4, -0.2) is 7.05 Å². The monoisotopic (exact) mass is 321 g/mol. The molecule has 0 bridgehead atoms. The summed E-state index contributed by atoms with van der Waals surface area (Å²) in [4.78, 5) is 0. The highest BCUT2D eigenvalue weighted by molar-refractivity contribution is 9.10. The highest BCUT2D eigenvalue weighted by Crippen LogP contribution is 2.34. The predicted molar refractivity (Wildman–Crippen MR) is 70.4 cm³/mol. The van der Waals surface area contributed by atoms with Crippen LogP contribution in [0, 0.1) is 0 Å². The molecule has 0 radical (unpaired) electrons. The molecule has 0 saturated heterocycles. The van der Waals surface area contributed by atoms with Crippen molar-refractivity contribution in [2.24, 2.45) is 0 Å². The fourth-order valence-corrected chi connectivity index (χ4v) is 2.25. The van der Waals surface area contributed by atoms with E-state index in [1.807, 2.05) is 0 Å². The van der Waals surface area contributed by atoms with Crippen LogP contribution in [0.2, 0.25) is 0 Å². The Kier molecular flexibility index (Phi) is 5.41. The Morgan fingerprint density at radius 1 is 1.44 bits per heavy atom. The molecule has 0 heterocycles. The maximum Gasteiger partial charge on any atom is 0.416 e. The second-order valence-electron chi connectivity index (χ2n) is 3.94. The van der Waals surface area contributed by atoms with Crippen molar-refractivity contribution in [2.75, 3.05) is 7.05 Å². The Morgan fingerprint density at radius 2 is 2.11 bits per heavy atom. The van der Waals surface area contributed by atoms with Crippen LogP contribution < -0.4 is 5.32 Å². The van der Waals surface area contributed by atoms with E-state index >= 15 is 0 Å². The normalized spacial score (nSPS) is 13.4. The van der Waals surface area contributed by atoms with Gasteiger partial charge in [-0.3, -0.25) is 0 Å². The molecule has 1 rings (SSSR count). The summed E-state index contributed by atoms with van der Waals surface area (Å²) < 4.78 is 38.7. The SMILES string of the molecule is C=CCCC(NC)c1cc(C(F)(F)F)ccc1Br. The van der Waals surface area contributed by atoms with Crippen molar-refractivity contribution in [2.45, 2.75) is 25.1 Å². The average molecular weight is 322 g/mol. The van der Waals surface area contributed by atoms with Gasteiger partial charge in [-0.05, 0) is 43.7 Å². The van der Waals surface area contributed by atoms with E-state index in [0.717, 1.165) is 12.5 Å². The molecule has 1 unspecified atom stereocenters. The zero-order chi connectivity index (χ0) is 13.8. The third-order valence-corrected chi connectivity index (χ3v) is 3.43. The van der Waals surface area contributed by atoms with E-state index in [1.54, 1.807) is 13.1 Å². The number of alkyl halides is 3. The molecular weight excluding hydrogens is 307 g/mol. The average Bonchev–Trinajstić information content (AvgIpc) is 2.30. The van der Waals surface area contributed by atoms with Crippen LogP contribution in [0.1, 0.15) is 30.0 Å². The summed E-state index contributed by atoms with van der Waals surface area (Å²) in [5.74, 6) is 0. The van der Waals surface area contributed by atoms with Gasteiger partial charge in [-0.25, -0.2) is 0 Å². The maximum atomic E-state index is 12.7. The smallest absolute Gasteiger partial charge is 0.313 e. The minimum Gasteiger partial charge on any atom is -0.313 e. The molecule has 1 aromatic rings. The Balaban J connectivity index is 3.08. The van der Waals surface area contributed by atoms with Crippen molar-refractivity contribution in [3.05, 3.63) is 46.5 Å². The number of hydrogen-bond acceptors (Lipinski definition) is 1. The van der Waals surface area contributed by atoms with Gasteiger partial charge in [0, 0.05) is 10.5 Å². The van der Waals surface area contributed by atoms with E-state index in [1.165, 1.54) is 12.1 Å². The molecule has 0 aliphatic carbocycles. The number of allylic oxidation sites excluding steroid dienone is 1. The molecule has 1 N–H and O–H groups in total. The van der Waals surface area contributed by atoms with Crippen LogP contribution in [0.15, 0.2) is 35.3 Å².